The predicted octanol–water partition coefficient (Wildman–Crippen LogP) is 2.72. The Labute approximate surface area is 129 Å². The molecule has 1 aromatic carbocycles. The number of aromatic nitrogens is 3. The van der Waals surface area contributed by atoms with Crippen molar-refractivity contribution >= 4 is 11.8 Å². The van der Waals surface area contributed by atoms with Gasteiger partial charge < -0.3 is 10.3 Å². The highest BCUT2D eigenvalue weighted by molar-refractivity contribution is 7.99. The van der Waals surface area contributed by atoms with E-state index >= 15 is 0 Å². The average molecular weight is 315 g/mol. The predicted molar refractivity (Wildman–Crippen MR) is 77.8 cm³/mol. The summed E-state index contributed by atoms with van der Waals surface area (Å²) < 4.78 is 20.1. The molecule has 8 heteroatoms. The lowest BCUT2D eigenvalue weighted by atomic mass is 10.2. The topological polar surface area (TPSA) is 93.7 Å². The summed E-state index contributed by atoms with van der Waals surface area (Å²) in [5.41, 5.74) is 0.679. The van der Waals surface area contributed by atoms with Gasteiger partial charge >= 0.3 is 0 Å². The molecule has 0 unspecified atom stereocenters. The van der Waals surface area contributed by atoms with Crippen molar-refractivity contribution in [3.8, 4) is 17.5 Å². The van der Waals surface area contributed by atoms with E-state index in [1.807, 2.05) is 6.07 Å². The Balaban J connectivity index is 1.99. The minimum atomic E-state index is -0.582. The normalized spacial score (nSPS) is 10.6. The molecule has 3 aromatic rings. The maximum atomic E-state index is 13.6. The Morgan fingerprint density at radius 1 is 1.36 bits per heavy atom. The van der Waals surface area contributed by atoms with Gasteiger partial charge in [0.15, 0.2) is 5.82 Å². The number of hydrogen-bond acceptors (Lipinski definition) is 6. The van der Waals surface area contributed by atoms with Gasteiger partial charge in [-0.3, -0.25) is 0 Å². The fourth-order valence-electron chi connectivity index (χ4n) is 1.94. The third kappa shape index (κ3) is 2.31. The van der Waals surface area contributed by atoms with Crippen molar-refractivity contribution in [3.63, 3.8) is 0 Å². The van der Waals surface area contributed by atoms with E-state index in [2.05, 4.69) is 10.2 Å². The van der Waals surface area contributed by atoms with E-state index < -0.39 is 5.82 Å². The minimum Gasteiger partial charge on any atom is -0.469 e. The smallest absolute Gasteiger partial charge is 0.214 e. The first-order valence-electron chi connectivity index (χ1n) is 6.23. The molecule has 0 bridgehead atoms. The molecular formula is C14H10FN5OS. The number of hydrogen-bond donors (Lipinski definition) is 1. The maximum absolute atomic E-state index is 13.6. The number of nitriles is 1. The van der Waals surface area contributed by atoms with Gasteiger partial charge in [-0.15, -0.1) is 10.2 Å². The number of rotatable bonds is 3. The van der Waals surface area contributed by atoms with Crippen LogP contribution in [0, 0.1) is 24.1 Å². The van der Waals surface area contributed by atoms with Crippen LogP contribution in [0.5, 0.6) is 0 Å². The van der Waals surface area contributed by atoms with Gasteiger partial charge in [-0.1, -0.05) is 6.07 Å². The zero-order chi connectivity index (χ0) is 15.7. The average Bonchev–Trinajstić information content (AvgIpc) is 3.06. The quantitative estimate of drug-likeness (QED) is 0.747. The van der Waals surface area contributed by atoms with Crippen LogP contribution in [-0.4, -0.2) is 14.9 Å². The fraction of sp³-hybridized carbons (Fsp3) is 0.0714. The lowest BCUT2D eigenvalue weighted by Gasteiger charge is -2.04. The second-order valence-electron chi connectivity index (χ2n) is 4.39. The molecule has 0 aliphatic carbocycles. The second kappa shape index (κ2) is 5.54. The van der Waals surface area contributed by atoms with Crippen LogP contribution in [0.2, 0.25) is 0 Å². The standard InChI is InChI=1S/C14H10FN5OS/c1-8-9(5-6-21-8)13-18-19-14(20(13)17)22-12-4-2-3-11(15)10(12)7-16/h2-6H,17H2,1H3. The van der Waals surface area contributed by atoms with Crippen LogP contribution in [-0.2, 0) is 0 Å². The van der Waals surface area contributed by atoms with E-state index in [1.54, 1.807) is 19.1 Å². The van der Waals surface area contributed by atoms with Crippen LogP contribution in [0.4, 0.5) is 4.39 Å². The lowest BCUT2D eigenvalue weighted by molar-refractivity contribution is 0.535. The number of nitrogens with two attached hydrogens (primary N) is 1. The number of furan rings is 1. The lowest BCUT2D eigenvalue weighted by Crippen LogP contribution is -2.11. The van der Waals surface area contributed by atoms with Crippen molar-refractivity contribution in [1.82, 2.24) is 14.9 Å². The first-order chi connectivity index (χ1) is 10.6. The highest BCUT2D eigenvalue weighted by Crippen LogP contribution is 2.32. The van der Waals surface area contributed by atoms with Gasteiger partial charge in [-0.2, -0.15) is 5.26 Å². The van der Waals surface area contributed by atoms with Crippen molar-refractivity contribution in [3.05, 3.63) is 47.7 Å². The SMILES string of the molecule is Cc1occc1-c1nnc(Sc2cccc(F)c2C#N)n1N. The molecule has 0 aliphatic rings. The highest BCUT2D eigenvalue weighted by Gasteiger charge is 2.18. The van der Waals surface area contributed by atoms with Gasteiger partial charge in [-0.05, 0) is 36.9 Å². The largest absolute Gasteiger partial charge is 0.469 e. The van der Waals surface area contributed by atoms with Crippen molar-refractivity contribution in [2.24, 2.45) is 0 Å². The molecule has 0 aliphatic heterocycles. The molecule has 0 atom stereocenters. The Morgan fingerprint density at radius 3 is 2.86 bits per heavy atom. The summed E-state index contributed by atoms with van der Waals surface area (Å²) in [6, 6.07) is 7.96. The summed E-state index contributed by atoms with van der Waals surface area (Å²) in [5, 5.41) is 17.4. The summed E-state index contributed by atoms with van der Waals surface area (Å²) in [5.74, 6) is 6.51. The van der Waals surface area contributed by atoms with E-state index in [0.29, 0.717) is 21.6 Å². The third-order valence-electron chi connectivity index (χ3n) is 3.05. The first kappa shape index (κ1) is 14.2. The van der Waals surface area contributed by atoms with Crippen molar-refractivity contribution in [2.45, 2.75) is 17.0 Å². The number of halogens is 1. The summed E-state index contributed by atoms with van der Waals surface area (Å²) in [6.07, 6.45) is 1.53. The molecule has 0 radical (unpaired) electrons. The number of nitrogens with zero attached hydrogens (tertiary/aromatic N) is 4. The molecule has 0 saturated carbocycles. The zero-order valence-corrected chi connectivity index (χ0v) is 12.3. The molecular weight excluding hydrogens is 305 g/mol. The fourth-order valence-corrected chi connectivity index (χ4v) is 2.80. The molecule has 0 spiro atoms. The number of aryl methyl sites for hydroxylation is 1. The third-order valence-corrected chi connectivity index (χ3v) is 4.07. The summed E-state index contributed by atoms with van der Waals surface area (Å²) in [7, 11) is 0. The monoisotopic (exact) mass is 315 g/mol. The van der Waals surface area contributed by atoms with Gasteiger partial charge in [0.05, 0.1) is 11.8 Å². The zero-order valence-electron chi connectivity index (χ0n) is 11.4. The van der Waals surface area contributed by atoms with Gasteiger partial charge in [0.25, 0.3) is 0 Å². The van der Waals surface area contributed by atoms with Gasteiger partial charge in [-0.25, -0.2) is 9.07 Å². The van der Waals surface area contributed by atoms with E-state index in [-0.39, 0.29) is 5.56 Å². The Bertz CT molecular complexity index is 880. The van der Waals surface area contributed by atoms with Crippen LogP contribution < -0.4 is 5.84 Å². The molecule has 0 amide bonds. The van der Waals surface area contributed by atoms with Crippen LogP contribution >= 0.6 is 11.8 Å². The van der Waals surface area contributed by atoms with Crippen molar-refractivity contribution in [1.29, 1.82) is 5.26 Å². The molecule has 2 aromatic heterocycles. The molecule has 110 valence electrons. The number of nitrogen functional groups attached to an aromatic ring is 1. The van der Waals surface area contributed by atoms with Crippen LogP contribution in [0.15, 0.2) is 45.0 Å². The number of benzene rings is 1. The Morgan fingerprint density at radius 2 is 2.18 bits per heavy atom. The molecule has 0 fully saturated rings. The van der Waals surface area contributed by atoms with E-state index in [1.165, 1.54) is 23.1 Å². The summed E-state index contributed by atoms with van der Waals surface area (Å²) in [6.45, 7) is 1.79. The second-order valence-corrected chi connectivity index (χ2v) is 5.40. The van der Waals surface area contributed by atoms with Gasteiger partial charge in [0, 0.05) is 4.90 Å². The van der Waals surface area contributed by atoms with E-state index in [4.69, 9.17) is 15.5 Å². The molecule has 3 rings (SSSR count). The van der Waals surface area contributed by atoms with Crippen molar-refractivity contribution in [2.75, 3.05) is 5.84 Å². The Kier molecular flexibility index (Phi) is 3.56. The first-order valence-corrected chi connectivity index (χ1v) is 7.05. The highest BCUT2D eigenvalue weighted by atomic mass is 32.2. The van der Waals surface area contributed by atoms with Crippen LogP contribution in [0.25, 0.3) is 11.4 Å². The molecule has 2 heterocycles. The maximum Gasteiger partial charge on any atom is 0.214 e. The van der Waals surface area contributed by atoms with Gasteiger partial charge in [0.1, 0.15) is 23.2 Å². The van der Waals surface area contributed by atoms with Crippen LogP contribution in [0.1, 0.15) is 11.3 Å². The van der Waals surface area contributed by atoms with E-state index in [0.717, 1.165) is 17.3 Å². The van der Waals surface area contributed by atoms with E-state index in [9.17, 15) is 4.39 Å². The molecule has 0 saturated heterocycles. The summed E-state index contributed by atoms with van der Waals surface area (Å²) in [4.78, 5) is 0.428. The molecule has 2 N–H and O–H groups in total. The van der Waals surface area contributed by atoms with Gasteiger partial charge in [0.2, 0.25) is 5.16 Å². The Hall–Kier alpha value is -2.79. The molecule has 22 heavy (non-hydrogen) atoms. The summed E-state index contributed by atoms with van der Waals surface area (Å²) >= 11 is 1.07. The van der Waals surface area contributed by atoms with Crippen molar-refractivity contribution < 1.29 is 8.81 Å². The minimum absolute atomic E-state index is 0.0449. The van der Waals surface area contributed by atoms with Crippen LogP contribution in [0.3, 0.4) is 0 Å². The molecule has 6 nitrogen and oxygen atoms in total.